The SMILES string of the molecule is Cc1ncccc1CNCCCOc1cccc2oc(C=NN3CCN(C)CC3)c(C)c12. The fourth-order valence-corrected chi connectivity index (χ4v) is 3.88. The molecule has 0 saturated carbocycles. The Morgan fingerprint density at radius 2 is 2.00 bits per heavy atom. The smallest absolute Gasteiger partial charge is 0.151 e. The summed E-state index contributed by atoms with van der Waals surface area (Å²) in [5.41, 5.74) is 4.21. The molecule has 0 unspecified atom stereocenters. The lowest BCUT2D eigenvalue weighted by atomic mass is 10.1. The monoisotopic (exact) mass is 435 g/mol. The first-order valence-electron chi connectivity index (χ1n) is 11.4. The van der Waals surface area contributed by atoms with E-state index >= 15 is 0 Å². The minimum Gasteiger partial charge on any atom is -0.493 e. The van der Waals surface area contributed by atoms with E-state index in [1.807, 2.05) is 43.6 Å². The Bertz CT molecular complexity index is 1050. The van der Waals surface area contributed by atoms with Crippen molar-refractivity contribution in [3.05, 3.63) is 59.1 Å². The van der Waals surface area contributed by atoms with E-state index in [4.69, 9.17) is 9.15 Å². The zero-order valence-electron chi connectivity index (χ0n) is 19.3. The zero-order valence-corrected chi connectivity index (χ0v) is 19.3. The molecule has 1 aromatic carbocycles. The molecule has 32 heavy (non-hydrogen) atoms. The maximum absolute atomic E-state index is 6.12. The van der Waals surface area contributed by atoms with Crippen LogP contribution in [0.5, 0.6) is 5.75 Å². The predicted octanol–water partition coefficient (Wildman–Crippen LogP) is 3.58. The Morgan fingerprint density at radius 1 is 1.16 bits per heavy atom. The summed E-state index contributed by atoms with van der Waals surface area (Å²) in [7, 11) is 2.14. The Hall–Kier alpha value is -2.90. The lowest BCUT2D eigenvalue weighted by Crippen LogP contribution is -2.41. The van der Waals surface area contributed by atoms with Gasteiger partial charge in [-0.3, -0.25) is 9.99 Å². The Kier molecular flexibility index (Phi) is 7.39. The summed E-state index contributed by atoms with van der Waals surface area (Å²) in [6.45, 7) is 10.4. The van der Waals surface area contributed by atoms with E-state index in [-0.39, 0.29) is 0 Å². The van der Waals surface area contributed by atoms with Crippen LogP contribution in [0.4, 0.5) is 0 Å². The van der Waals surface area contributed by atoms with Crippen molar-refractivity contribution in [2.45, 2.75) is 26.8 Å². The van der Waals surface area contributed by atoms with Gasteiger partial charge in [0.1, 0.15) is 11.3 Å². The highest BCUT2D eigenvalue weighted by Gasteiger charge is 2.15. The van der Waals surface area contributed by atoms with Crippen molar-refractivity contribution in [1.29, 1.82) is 0 Å². The van der Waals surface area contributed by atoms with Crippen LogP contribution >= 0.6 is 0 Å². The van der Waals surface area contributed by atoms with E-state index < -0.39 is 0 Å². The fraction of sp³-hybridized carbons (Fsp3) is 0.440. The highest BCUT2D eigenvalue weighted by Crippen LogP contribution is 2.32. The molecule has 4 rings (SSSR count). The average Bonchev–Trinajstić information content (AvgIpc) is 3.13. The van der Waals surface area contributed by atoms with Crippen molar-refractivity contribution in [3.8, 4) is 5.75 Å². The topological polar surface area (TPSA) is 66.1 Å². The van der Waals surface area contributed by atoms with Crippen molar-refractivity contribution in [2.75, 3.05) is 46.4 Å². The van der Waals surface area contributed by atoms with Crippen molar-refractivity contribution < 1.29 is 9.15 Å². The fourth-order valence-electron chi connectivity index (χ4n) is 3.88. The number of hydrogen-bond donors (Lipinski definition) is 1. The average molecular weight is 436 g/mol. The number of aromatic nitrogens is 1. The highest BCUT2D eigenvalue weighted by molar-refractivity contribution is 5.94. The number of pyridine rings is 1. The molecular weight excluding hydrogens is 402 g/mol. The molecular formula is C25H33N5O2. The van der Waals surface area contributed by atoms with E-state index in [0.717, 1.165) is 79.4 Å². The van der Waals surface area contributed by atoms with Crippen LogP contribution in [-0.4, -0.2) is 67.5 Å². The van der Waals surface area contributed by atoms with E-state index in [1.54, 1.807) is 0 Å². The highest BCUT2D eigenvalue weighted by atomic mass is 16.5. The number of fused-ring (bicyclic) bond motifs is 1. The minimum atomic E-state index is 0.646. The summed E-state index contributed by atoms with van der Waals surface area (Å²) < 4.78 is 12.2. The Labute approximate surface area is 190 Å². The van der Waals surface area contributed by atoms with E-state index in [9.17, 15) is 0 Å². The third kappa shape index (κ3) is 5.47. The predicted molar refractivity (Wildman–Crippen MR) is 128 cm³/mol. The molecule has 170 valence electrons. The number of benzene rings is 1. The van der Waals surface area contributed by atoms with Gasteiger partial charge in [0, 0.05) is 50.2 Å². The maximum atomic E-state index is 6.12. The molecule has 7 nitrogen and oxygen atoms in total. The Morgan fingerprint density at radius 3 is 2.81 bits per heavy atom. The van der Waals surface area contributed by atoms with Gasteiger partial charge in [0.25, 0.3) is 0 Å². The summed E-state index contributed by atoms with van der Waals surface area (Å²) in [6, 6.07) is 10.1. The minimum absolute atomic E-state index is 0.646. The molecule has 1 saturated heterocycles. The van der Waals surface area contributed by atoms with Crippen molar-refractivity contribution in [1.82, 2.24) is 20.2 Å². The van der Waals surface area contributed by atoms with Gasteiger partial charge in [-0.15, -0.1) is 0 Å². The third-order valence-electron chi connectivity index (χ3n) is 5.96. The molecule has 3 heterocycles. The molecule has 0 radical (unpaired) electrons. The van der Waals surface area contributed by atoms with Gasteiger partial charge >= 0.3 is 0 Å². The second-order valence-electron chi connectivity index (χ2n) is 8.35. The number of rotatable bonds is 9. The molecule has 0 aliphatic carbocycles. The van der Waals surface area contributed by atoms with Crippen molar-refractivity contribution in [2.24, 2.45) is 5.10 Å². The number of hydrazone groups is 1. The standard InChI is InChI=1S/C25H33N5O2/c1-19-24(18-28-30-14-12-29(3)13-15-30)32-23-9-4-8-22(25(19)23)31-16-6-10-26-17-21-7-5-11-27-20(21)2/h4-5,7-9,11,18,26H,6,10,12-17H2,1-3H3. The maximum Gasteiger partial charge on any atom is 0.151 e. The summed E-state index contributed by atoms with van der Waals surface area (Å²) in [4.78, 5) is 6.65. The van der Waals surface area contributed by atoms with E-state index in [0.29, 0.717) is 6.61 Å². The second-order valence-corrected chi connectivity index (χ2v) is 8.35. The summed E-state index contributed by atoms with van der Waals surface area (Å²) in [6.07, 6.45) is 4.59. The number of ether oxygens (including phenoxy) is 1. The summed E-state index contributed by atoms with van der Waals surface area (Å²) in [5.74, 6) is 1.66. The number of furan rings is 1. The number of piperazine rings is 1. The lowest BCUT2D eigenvalue weighted by molar-refractivity contribution is 0.159. The molecule has 0 spiro atoms. The van der Waals surface area contributed by atoms with Gasteiger partial charge in [-0.25, -0.2) is 0 Å². The van der Waals surface area contributed by atoms with Gasteiger partial charge in [0.15, 0.2) is 5.76 Å². The molecule has 0 amide bonds. The molecule has 1 aliphatic heterocycles. The van der Waals surface area contributed by atoms with Crippen LogP contribution < -0.4 is 10.1 Å². The van der Waals surface area contributed by atoms with Crippen LogP contribution in [0, 0.1) is 13.8 Å². The van der Waals surface area contributed by atoms with Crippen LogP contribution in [0.15, 0.2) is 46.0 Å². The van der Waals surface area contributed by atoms with E-state index in [1.165, 1.54) is 5.56 Å². The van der Waals surface area contributed by atoms with Gasteiger partial charge in [-0.05, 0) is 57.6 Å². The van der Waals surface area contributed by atoms with Gasteiger partial charge in [0.2, 0.25) is 0 Å². The largest absolute Gasteiger partial charge is 0.493 e. The molecule has 1 fully saturated rings. The summed E-state index contributed by atoms with van der Waals surface area (Å²) in [5, 5.41) is 11.2. The lowest BCUT2D eigenvalue weighted by Gasteiger charge is -2.30. The molecule has 7 heteroatoms. The number of aryl methyl sites for hydroxylation is 2. The molecule has 2 aromatic heterocycles. The number of nitrogens with zero attached hydrogens (tertiary/aromatic N) is 4. The number of likely N-dealkylation sites (N-methyl/N-ethyl adjacent to an activating group) is 1. The van der Waals surface area contributed by atoms with Crippen molar-refractivity contribution >= 4 is 17.2 Å². The first-order chi connectivity index (χ1) is 15.6. The third-order valence-corrected chi connectivity index (χ3v) is 5.96. The summed E-state index contributed by atoms with van der Waals surface area (Å²) >= 11 is 0. The van der Waals surface area contributed by atoms with Crippen LogP contribution in [0.25, 0.3) is 11.0 Å². The number of hydrogen-bond acceptors (Lipinski definition) is 7. The molecule has 1 N–H and O–H groups in total. The van der Waals surface area contributed by atoms with Gasteiger partial charge in [-0.2, -0.15) is 5.10 Å². The number of nitrogens with one attached hydrogen (secondary N) is 1. The first-order valence-corrected chi connectivity index (χ1v) is 11.4. The Balaban J connectivity index is 1.31. The normalized spacial score (nSPS) is 15.2. The molecule has 1 aliphatic rings. The van der Waals surface area contributed by atoms with Crippen LogP contribution in [0.3, 0.4) is 0 Å². The quantitative estimate of drug-likeness (QED) is 0.409. The van der Waals surface area contributed by atoms with Gasteiger partial charge in [0.05, 0.1) is 18.2 Å². The molecule has 0 atom stereocenters. The van der Waals surface area contributed by atoms with Gasteiger partial charge in [-0.1, -0.05) is 12.1 Å². The molecule has 3 aromatic rings. The second kappa shape index (κ2) is 10.6. The molecule has 0 bridgehead atoms. The van der Waals surface area contributed by atoms with Crippen molar-refractivity contribution in [3.63, 3.8) is 0 Å². The van der Waals surface area contributed by atoms with Crippen LogP contribution in [-0.2, 0) is 6.54 Å². The zero-order chi connectivity index (χ0) is 22.3. The van der Waals surface area contributed by atoms with Crippen LogP contribution in [0.1, 0.15) is 29.0 Å². The first kappa shape index (κ1) is 22.3. The van der Waals surface area contributed by atoms with Gasteiger partial charge < -0.3 is 19.4 Å². The van der Waals surface area contributed by atoms with E-state index in [2.05, 4.69) is 45.3 Å². The van der Waals surface area contributed by atoms with Crippen LogP contribution in [0.2, 0.25) is 0 Å².